The maximum atomic E-state index is 11.0. The molecular formula is C11H22N2O2. The predicted molar refractivity (Wildman–Crippen MR) is 62.2 cm³/mol. The van der Waals surface area contributed by atoms with Crippen LogP contribution in [0.15, 0.2) is 12.7 Å². The Balaban J connectivity index is 3.88. The zero-order valence-electron chi connectivity index (χ0n) is 9.92. The molecule has 0 spiro atoms. The van der Waals surface area contributed by atoms with Gasteiger partial charge in [0.15, 0.2) is 0 Å². The van der Waals surface area contributed by atoms with Crippen molar-refractivity contribution >= 4 is 6.09 Å². The van der Waals surface area contributed by atoms with Crippen molar-refractivity contribution in [1.29, 1.82) is 0 Å². The topological polar surface area (TPSA) is 52.6 Å². The molecule has 0 bridgehead atoms. The van der Waals surface area contributed by atoms with Crippen LogP contribution in [0.2, 0.25) is 0 Å². The van der Waals surface area contributed by atoms with E-state index >= 15 is 0 Å². The standard InChI is InChI=1S/C11H22N2O2/c1-5-7-12-8-6-9-13(10(14)15)11(2,3)4/h5,12H,1,6-9H2,2-4H3,(H,14,15). The molecule has 0 saturated carbocycles. The van der Waals surface area contributed by atoms with Gasteiger partial charge in [0.1, 0.15) is 0 Å². The van der Waals surface area contributed by atoms with Gasteiger partial charge in [0.25, 0.3) is 0 Å². The molecule has 0 fully saturated rings. The van der Waals surface area contributed by atoms with Gasteiger partial charge in [0.2, 0.25) is 0 Å². The molecule has 0 saturated heterocycles. The smallest absolute Gasteiger partial charge is 0.407 e. The van der Waals surface area contributed by atoms with Crippen molar-refractivity contribution in [1.82, 2.24) is 10.2 Å². The van der Waals surface area contributed by atoms with E-state index in [0.29, 0.717) is 6.54 Å². The molecule has 0 aromatic heterocycles. The fourth-order valence-corrected chi connectivity index (χ4v) is 1.28. The molecule has 0 aliphatic rings. The number of hydrogen-bond donors (Lipinski definition) is 2. The van der Waals surface area contributed by atoms with Crippen LogP contribution in [0.25, 0.3) is 0 Å². The van der Waals surface area contributed by atoms with Gasteiger partial charge >= 0.3 is 6.09 Å². The Hall–Kier alpha value is -1.03. The van der Waals surface area contributed by atoms with Gasteiger partial charge in [-0.15, -0.1) is 6.58 Å². The Morgan fingerprint density at radius 2 is 2.13 bits per heavy atom. The molecule has 1 amide bonds. The summed E-state index contributed by atoms with van der Waals surface area (Å²) in [5.41, 5.74) is -0.329. The van der Waals surface area contributed by atoms with Crippen molar-refractivity contribution in [2.45, 2.75) is 32.7 Å². The van der Waals surface area contributed by atoms with Crippen molar-refractivity contribution in [2.75, 3.05) is 19.6 Å². The molecule has 2 N–H and O–H groups in total. The first-order valence-electron chi connectivity index (χ1n) is 5.21. The summed E-state index contributed by atoms with van der Waals surface area (Å²) >= 11 is 0. The molecule has 0 aliphatic carbocycles. The summed E-state index contributed by atoms with van der Waals surface area (Å²) in [6, 6.07) is 0. The van der Waals surface area contributed by atoms with E-state index in [1.165, 1.54) is 4.90 Å². The van der Waals surface area contributed by atoms with E-state index in [1.807, 2.05) is 20.8 Å². The average molecular weight is 214 g/mol. The van der Waals surface area contributed by atoms with Gasteiger partial charge in [0.05, 0.1) is 0 Å². The molecule has 15 heavy (non-hydrogen) atoms. The van der Waals surface area contributed by atoms with Crippen LogP contribution in [0, 0.1) is 0 Å². The second kappa shape index (κ2) is 6.45. The predicted octanol–water partition coefficient (Wildman–Crippen LogP) is 1.93. The lowest BCUT2D eigenvalue weighted by molar-refractivity contribution is 0.0996. The van der Waals surface area contributed by atoms with Crippen LogP contribution in [-0.2, 0) is 0 Å². The zero-order valence-corrected chi connectivity index (χ0v) is 9.92. The molecular weight excluding hydrogens is 192 g/mol. The molecule has 0 heterocycles. The van der Waals surface area contributed by atoms with Crippen LogP contribution >= 0.6 is 0 Å². The average Bonchev–Trinajstić information content (AvgIpc) is 2.08. The Bertz CT molecular complexity index is 209. The molecule has 0 radical (unpaired) electrons. The highest BCUT2D eigenvalue weighted by Crippen LogP contribution is 2.13. The Morgan fingerprint density at radius 1 is 1.53 bits per heavy atom. The van der Waals surface area contributed by atoms with Gasteiger partial charge < -0.3 is 15.3 Å². The number of nitrogens with one attached hydrogen (secondary N) is 1. The molecule has 0 atom stereocenters. The molecule has 4 nitrogen and oxygen atoms in total. The van der Waals surface area contributed by atoms with Gasteiger partial charge in [-0.2, -0.15) is 0 Å². The highest BCUT2D eigenvalue weighted by Gasteiger charge is 2.24. The number of carbonyl (C=O) groups is 1. The van der Waals surface area contributed by atoms with E-state index in [2.05, 4.69) is 11.9 Å². The van der Waals surface area contributed by atoms with Gasteiger partial charge in [-0.1, -0.05) is 6.08 Å². The minimum absolute atomic E-state index is 0.329. The number of nitrogens with zero attached hydrogens (tertiary/aromatic N) is 1. The van der Waals surface area contributed by atoms with Crippen LogP contribution in [0.3, 0.4) is 0 Å². The SMILES string of the molecule is C=CCNCCCN(C(=O)O)C(C)(C)C. The fraction of sp³-hybridized carbons (Fsp3) is 0.727. The maximum absolute atomic E-state index is 11.0. The summed E-state index contributed by atoms with van der Waals surface area (Å²) in [7, 11) is 0. The Kier molecular flexibility index (Phi) is 6.01. The van der Waals surface area contributed by atoms with E-state index < -0.39 is 6.09 Å². The van der Waals surface area contributed by atoms with E-state index in [0.717, 1.165) is 19.5 Å². The van der Waals surface area contributed by atoms with Crippen LogP contribution in [0.1, 0.15) is 27.2 Å². The summed E-state index contributed by atoms with van der Waals surface area (Å²) in [6.45, 7) is 11.4. The van der Waals surface area contributed by atoms with Crippen LogP contribution in [-0.4, -0.2) is 41.3 Å². The molecule has 0 unspecified atom stereocenters. The third-order valence-electron chi connectivity index (χ3n) is 2.06. The lowest BCUT2D eigenvalue weighted by Crippen LogP contribution is -2.45. The fourth-order valence-electron chi connectivity index (χ4n) is 1.28. The number of hydrogen-bond acceptors (Lipinski definition) is 2. The second-order valence-electron chi connectivity index (χ2n) is 4.45. The van der Waals surface area contributed by atoms with E-state index in [9.17, 15) is 4.79 Å². The van der Waals surface area contributed by atoms with Crippen molar-refractivity contribution in [3.05, 3.63) is 12.7 Å². The lowest BCUT2D eigenvalue weighted by Gasteiger charge is -2.33. The second-order valence-corrected chi connectivity index (χ2v) is 4.45. The van der Waals surface area contributed by atoms with Crippen molar-refractivity contribution in [3.63, 3.8) is 0 Å². The molecule has 0 rings (SSSR count). The quantitative estimate of drug-likeness (QED) is 0.524. The molecule has 0 aromatic carbocycles. The molecule has 0 aliphatic heterocycles. The first-order valence-corrected chi connectivity index (χ1v) is 5.21. The van der Waals surface area contributed by atoms with Crippen molar-refractivity contribution < 1.29 is 9.90 Å². The first-order chi connectivity index (χ1) is 6.89. The third kappa shape index (κ3) is 6.12. The summed E-state index contributed by atoms with van der Waals surface area (Å²) < 4.78 is 0. The summed E-state index contributed by atoms with van der Waals surface area (Å²) in [6.07, 6.45) is 1.75. The van der Waals surface area contributed by atoms with Crippen LogP contribution < -0.4 is 5.32 Å². The summed E-state index contributed by atoms with van der Waals surface area (Å²) in [5, 5.41) is 12.1. The van der Waals surface area contributed by atoms with Crippen molar-refractivity contribution in [2.24, 2.45) is 0 Å². The van der Waals surface area contributed by atoms with Crippen LogP contribution in [0.5, 0.6) is 0 Å². The van der Waals surface area contributed by atoms with E-state index in [1.54, 1.807) is 6.08 Å². The molecule has 88 valence electrons. The maximum Gasteiger partial charge on any atom is 0.407 e. The number of amides is 1. The van der Waals surface area contributed by atoms with Gasteiger partial charge in [-0.3, -0.25) is 0 Å². The van der Waals surface area contributed by atoms with Crippen LogP contribution in [0.4, 0.5) is 4.79 Å². The minimum Gasteiger partial charge on any atom is -0.465 e. The molecule has 0 aromatic rings. The highest BCUT2D eigenvalue weighted by atomic mass is 16.4. The van der Waals surface area contributed by atoms with E-state index in [-0.39, 0.29) is 5.54 Å². The highest BCUT2D eigenvalue weighted by molar-refractivity contribution is 5.65. The Labute approximate surface area is 92.0 Å². The van der Waals surface area contributed by atoms with Gasteiger partial charge in [0, 0.05) is 18.6 Å². The zero-order chi connectivity index (χ0) is 11.9. The normalized spacial score (nSPS) is 11.1. The minimum atomic E-state index is -0.855. The Morgan fingerprint density at radius 3 is 2.53 bits per heavy atom. The first kappa shape index (κ1) is 14.0. The van der Waals surface area contributed by atoms with Gasteiger partial charge in [-0.05, 0) is 33.7 Å². The summed E-state index contributed by atoms with van der Waals surface area (Å²) in [4.78, 5) is 12.4. The van der Waals surface area contributed by atoms with E-state index in [4.69, 9.17) is 5.11 Å². The van der Waals surface area contributed by atoms with Crippen molar-refractivity contribution in [3.8, 4) is 0 Å². The largest absolute Gasteiger partial charge is 0.465 e. The number of carboxylic acid groups (broad SMARTS) is 1. The molecule has 4 heteroatoms. The monoisotopic (exact) mass is 214 g/mol. The third-order valence-corrected chi connectivity index (χ3v) is 2.06. The van der Waals surface area contributed by atoms with Gasteiger partial charge in [-0.25, -0.2) is 4.79 Å². The number of rotatable bonds is 6. The summed E-state index contributed by atoms with van der Waals surface area (Å²) in [5.74, 6) is 0. The lowest BCUT2D eigenvalue weighted by atomic mass is 10.1.